The minimum Gasteiger partial charge on any atom is -0.353 e. The van der Waals surface area contributed by atoms with E-state index in [1.165, 1.54) is 38.5 Å². The number of anilines is 1. The van der Waals surface area contributed by atoms with Crippen LogP contribution in [0.4, 0.5) is 5.95 Å². The van der Waals surface area contributed by atoms with E-state index >= 15 is 0 Å². The molecular weight excluding hydrogens is 210 g/mol. The molecule has 3 nitrogen and oxygen atoms in total. The van der Waals surface area contributed by atoms with E-state index in [4.69, 9.17) is 0 Å². The first kappa shape index (κ1) is 12.5. The van der Waals surface area contributed by atoms with Gasteiger partial charge in [-0.15, -0.1) is 0 Å². The molecule has 0 amide bonds. The number of imidazole rings is 1. The first-order chi connectivity index (χ1) is 8.25. The predicted molar refractivity (Wildman–Crippen MR) is 72.2 cm³/mol. The third-order valence-electron chi connectivity index (χ3n) is 3.58. The van der Waals surface area contributed by atoms with Crippen molar-refractivity contribution < 1.29 is 0 Å². The first-order valence-corrected chi connectivity index (χ1v) is 7.03. The quantitative estimate of drug-likeness (QED) is 0.815. The van der Waals surface area contributed by atoms with Gasteiger partial charge >= 0.3 is 0 Å². The lowest BCUT2D eigenvalue weighted by atomic mass is 10.1. The van der Waals surface area contributed by atoms with Crippen LogP contribution < -0.4 is 5.32 Å². The molecule has 1 heterocycles. The van der Waals surface area contributed by atoms with Gasteiger partial charge in [0, 0.05) is 25.0 Å². The summed E-state index contributed by atoms with van der Waals surface area (Å²) in [6.07, 6.45) is 11.9. The number of hydrogen-bond acceptors (Lipinski definition) is 2. The highest BCUT2D eigenvalue weighted by Gasteiger charge is 2.16. The molecule has 1 N–H and O–H groups in total. The summed E-state index contributed by atoms with van der Waals surface area (Å²) < 4.78 is 2.26. The number of nitrogens with zero attached hydrogens (tertiary/aromatic N) is 2. The van der Waals surface area contributed by atoms with E-state index in [1.54, 1.807) is 0 Å². The maximum absolute atomic E-state index is 4.43. The number of rotatable bonds is 6. The number of nitrogens with one attached hydrogen (secondary N) is 1. The standard InChI is InChI=1S/C14H25N3/c1-12(2)6-5-10-17-11-9-15-14(17)16-13-7-3-4-8-13/h9,11-13H,3-8,10H2,1-2H3,(H,15,16). The largest absolute Gasteiger partial charge is 0.353 e. The zero-order chi connectivity index (χ0) is 12.1. The first-order valence-electron chi connectivity index (χ1n) is 7.03. The Morgan fingerprint density at radius 3 is 2.88 bits per heavy atom. The van der Waals surface area contributed by atoms with Gasteiger partial charge in [0.05, 0.1) is 0 Å². The van der Waals surface area contributed by atoms with Crippen molar-refractivity contribution in [2.24, 2.45) is 5.92 Å². The van der Waals surface area contributed by atoms with E-state index < -0.39 is 0 Å². The average Bonchev–Trinajstić information content (AvgIpc) is 2.91. The summed E-state index contributed by atoms with van der Waals surface area (Å²) in [5.41, 5.74) is 0. The summed E-state index contributed by atoms with van der Waals surface area (Å²) >= 11 is 0. The van der Waals surface area contributed by atoms with E-state index in [-0.39, 0.29) is 0 Å². The molecule has 0 aromatic carbocycles. The second kappa shape index (κ2) is 6.08. The Kier molecular flexibility index (Phi) is 4.46. The fourth-order valence-corrected chi connectivity index (χ4v) is 2.55. The van der Waals surface area contributed by atoms with Crippen molar-refractivity contribution >= 4 is 5.95 Å². The maximum Gasteiger partial charge on any atom is 0.202 e. The molecule has 96 valence electrons. The van der Waals surface area contributed by atoms with Gasteiger partial charge in [0.25, 0.3) is 0 Å². The maximum atomic E-state index is 4.43. The smallest absolute Gasteiger partial charge is 0.202 e. The molecule has 17 heavy (non-hydrogen) atoms. The highest BCUT2D eigenvalue weighted by atomic mass is 15.2. The lowest BCUT2D eigenvalue weighted by molar-refractivity contribution is 0.512. The molecule has 1 fully saturated rings. The van der Waals surface area contributed by atoms with Gasteiger partial charge in [-0.2, -0.15) is 0 Å². The van der Waals surface area contributed by atoms with Gasteiger partial charge in [-0.3, -0.25) is 0 Å². The van der Waals surface area contributed by atoms with Crippen molar-refractivity contribution in [3.05, 3.63) is 12.4 Å². The second-order valence-corrected chi connectivity index (χ2v) is 5.61. The highest BCUT2D eigenvalue weighted by Crippen LogP contribution is 2.21. The molecule has 1 aliphatic carbocycles. The van der Waals surface area contributed by atoms with Crippen LogP contribution in [0.25, 0.3) is 0 Å². The van der Waals surface area contributed by atoms with Gasteiger partial charge in [0.15, 0.2) is 0 Å². The molecule has 0 radical (unpaired) electrons. The third kappa shape index (κ3) is 3.76. The number of aromatic nitrogens is 2. The van der Waals surface area contributed by atoms with Crippen molar-refractivity contribution in [1.82, 2.24) is 9.55 Å². The van der Waals surface area contributed by atoms with Crippen molar-refractivity contribution in [2.45, 2.75) is 65.0 Å². The van der Waals surface area contributed by atoms with E-state index in [9.17, 15) is 0 Å². The lowest BCUT2D eigenvalue weighted by Gasteiger charge is -2.15. The van der Waals surface area contributed by atoms with Crippen LogP contribution in [-0.2, 0) is 6.54 Å². The summed E-state index contributed by atoms with van der Waals surface area (Å²) in [7, 11) is 0. The molecular formula is C14H25N3. The highest BCUT2D eigenvalue weighted by molar-refractivity contribution is 5.27. The molecule has 0 spiro atoms. The molecule has 0 atom stereocenters. The van der Waals surface area contributed by atoms with Gasteiger partial charge in [0.1, 0.15) is 0 Å². The SMILES string of the molecule is CC(C)CCCn1ccnc1NC1CCCC1. The van der Waals surface area contributed by atoms with E-state index in [0.717, 1.165) is 18.4 Å². The molecule has 1 aliphatic rings. The zero-order valence-electron chi connectivity index (χ0n) is 11.2. The van der Waals surface area contributed by atoms with Crippen molar-refractivity contribution in [1.29, 1.82) is 0 Å². The topological polar surface area (TPSA) is 29.9 Å². The molecule has 0 aliphatic heterocycles. The fourth-order valence-electron chi connectivity index (χ4n) is 2.55. The molecule has 3 heteroatoms. The minimum absolute atomic E-state index is 0.654. The molecule has 1 saturated carbocycles. The Labute approximate surface area is 105 Å². The van der Waals surface area contributed by atoms with Crippen molar-refractivity contribution in [3.63, 3.8) is 0 Å². The molecule has 1 aromatic rings. The van der Waals surface area contributed by atoms with Gasteiger partial charge in [-0.05, 0) is 31.6 Å². The van der Waals surface area contributed by atoms with Crippen LogP contribution in [0.5, 0.6) is 0 Å². The molecule has 0 bridgehead atoms. The van der Waals surface area contributed by atoms with Crippen LogP contribution in [0.15, 0.2) is 12.4 Å². The lowest BCUT2D eigenvalue weighted by Crippen LogP contribution is -2.18. The normalized spacial score (nSPS) is 16.9. The second-order valence-electron chi connectivity index (χ2n) is 5.61. The third-order valence-corrected chi connectivity index (χ3v) is 3.58. The Morgan fingerprint density at radius 1 is 1.41 bits per heavy atom. The van der Waals surface area contributed by atoms with Crippen molar-refractivity contribution in [3.8, 4) is 0 Å². The van der Waals surface area contributed by atoms with Crippen LogP contribution >= 0.6 is 0 Å². The summed E-state index contributed by atoms with van der Waals surface area (Å²) in [4.78, 5) is 4.43. The summed E-state index contributed by atoms with van der Waals surface area (Å²) in [6, 6.07) is 0.654. The van der Waals surface area contributed by atoms with Crippen LogP contribution in [0.1, 0.15) is 52.4 Å². The summed E-state index contributed by atoms with van der Waals surface area (Å²) in [6.45, 7) is 5.66. The van der Waals surface area contributed by atoms with E-state index in [1.807, 2.05) is 6.20 Å². The van der Waals surface area contributed by atoms with E-state index in [0.29, 0.717) is 6.04 Å². The van der Waals surface area contributed by atoms with Gasteiger partial charge in [0.2, 0.25) is 5.95 Å². The summed E-state index contributed by atoms with van der Waals surface area (Å²) in [5.74, 6) is 1.87. The Bertz CT molecular complexity index is 324. The molecule has 0 saturated heterocycles. The van der Waals surface area contributed by atoms with Gasteiger partial charge < -0.3 is 9.88 Å². The Morgan fingerprint density at radius 2 is 2.18 bits per heavy atom. The van der Waals surface area contributed by atoms with Crippen molar-refractivity contribution in [2.75, 3.05) is 5.32 Å². The van der Waals surface area contributed by atoms with Crippen LogP contribution in [-0.4, -0.2) is 15.6 Å². The average molecular weight is 235 g/mol. The van der Waals surface area contributed by atoms with Gasteiger partial charge in [-0.25, -0.2) is 4.98 Å². The van der Waals surface area contributed by atoms with Crippen LogP contribution in [0.3, 0.4) is 0 Å². The minimum atomic E-state index is 0.654. The van der Waals surface area contributed by atoms with Gasteiger partial charge in [-0.1, -0.05) is 26.7 Å². The number of hydrogen-bond donors (Lipinski definition) is 1. The van der Waals surface area contributed by atoms with Crippen LogP contribution in [0, 0.1) is 5.92 Å². The Balaban J connectivity index is 1.83. The molecule has 0 unspecified atom stereocenters. The monoisotopic (exact) mass is 235 g/mol. The predicted octanol–water partition coefficient (Wildman–Crippen LogP) is 3.67. The Hall–Kier alpha value is -0.990. The molecule has 1 aromatic heterocycles. The molecule has 2 rings (SSSR count). The van der Waals surface area contributed by atoms with Crippen LogP contribution in [0.2, 0.25) is 0 Å². The number of aryl methyl sites for hydroxylation is 1. The zero-order valence-corrected chi connectivity index (χ0v) is 11.2. The summed E-state index contributed by atoms with van der Waals surface area (Å²) in [5, 5.41) is 3.58. The van der Waals surface area contributed by atoms with E-state index in [2.05, 4.69) is 34.9 Å². The fraction of sp³-hybridized carbons (Fsp3) is 0.786.